The number of benzene rings is 1. The molecule has 57 valence electrons. The molecule has 3 heteroatoms. The van der Waals surface area contributed by atoms with E-state index < -0.39 is 0 Å². The molecule has 1 aromatic carbocycles. The number of rotatable bonds is 3. The van der Waals surface area contributed by atoms with Crippen LogP contribution in [0.3, 0.4) is 0 Å². The summed E-state index contributed by atoms with van der Waals surface area (Å²) in [6.07, 6.45) is 1.58. The molecule has 1 rings (SSSR count). The van der Waals surface area contributed by atoms with E-state index in [4.69, 9.17) is 11.6 Å². The highest BCUT2D eigenvalue weighted by Gasteiger charge is 1.95. The molecular formula is C8H7ClNO. The first kappa shape index (κ1) is 8.08. The Labute approximate surface area is 70.2 Å². The number of carbonyl (C=O) groups excluding carboxylic acids is 1. The van der Waals surface area contributed by atoms with Crippen LogP contribution in [0.25, 0.3) is 0 Å². The normalized spacial score (nSPS) is 9.18. The third-order valence-corrected chi connectivity index (χ3v) is 1.68. The van der Waals surface area contributed by atoms with Gasteiger partial charge in [0, 0.05) is 11.6 Å². The van der Waals surface area contributed by atoms with Crippen LogP contribution in [0, 0.1) is 0 Å². The molecule has 0 aliphatic heterocycles. The monoisotopic (exact) mass is 168 g/mol. The van der Waals surface area contributed by atoms with Crippen molar-refractivity contribution in [3.8, 4) is 0 Å². The molecule has 1 N–H and O–H groups in total. The third kappa shape index (κ3) is 2.24. The van der Waals surface area contributed by atoms with Crippen LogP contribution in [-0.4, -0.2) is 6.41 Å². The van der Waals surface area contributed by atoms with Gasteiger partial charge in [0.2, 0.25) is 0 Å². The lowest BCUT2D eigenvalue weighted by Gasteiger charge is -2.00. The average Bonchev–Trinajstić information content (AvgIpc) is 2.03. The minimum atomic E-state index is 0.434. The van der Waals surface area contributed by atoms with Gasteiger partial charge in [-0.05, 0) is 11.6 Å². The van der Waals surface area contributed by atoms with Gasteiger partial charge in [0.25, 0.3) is 0 Å². The first-order valence-electron chi connectivity index (χ1n) is 3.18. The van der Waals surface area contributed by atoms with Gasteiger partial charge in [-0.3, -0.25) is 4.79 Å². The third-order valence-electron chi connectivity index (χ3n) is 1.31. The van der Waals surface area contributed by atoms with Gasteiger partial charge in [-0.1, -0.05) is 29.8 Å². The van der Waals surface area contributed by atoms with E-state index in [-0.39, 0.29) is 0 Å². The van der Waals surface area contributed by atoms with Gasteiger partial charge in [0.15, 0.2) is 0 Å². The van der Waals surface area contributed by atoms with Gasteiger partial charge in [-0.25, -0.2) is 0 Å². The van der Waals surface area contributed by atoms with Crippen molar-refractivity contribution in [1.82, 2.24) is 5.32 Å². The van der Waals surface area contributed by atoms with Crippen LogP contribution in [0.4, 0.5) is 0 Å². The molecule has 0 aliphatic rings. The fourth-order valence-electron chi connectivity index (χ4n) is 0.773. The molecule has 0 bridgehead atoms. The summed E-state index contributed by atoms with van der Waals surface area (Å²) in [4.78, 5) is 9.81. The molecule has 0 unspecified atom stereocenters. The van der Waals surface area contributed by atoms with Crippen molar-refractivity contribution in [3.05, 3.63) is 34.9 Å². The maximum absolute atomic E-state index is 9.81. The Kier molecular flexibility index (Phi) is 2.93. The summed E-state index contributed by atoms with van der Waals surface area (Å²) >= 11 is 5.79. The predicted molar refractivity (Wildman–Crippen MR) is 44.0 cm³/mol. The summed E-state index contributed by atoms with van der Waals surface area (Å²) in [5, 5.41) is 3.08. The van der Waals surface area contributed by atoms with Crippen LogP contribution < -0.4 is 5.32 Å². The molecule has 11 heavy (non-hydrogen) atoms. The van der Waals surface area contributed by atoms with Crippen LogP contribution in [-0.2, 0) is 11.3 Å². The van der Waals surface area contributed by atoms with Crippen molar-refractivity contribution in [2.45, 2.75) is 6.54 Å². The van der Waals surface area contributed by atoms with Gasteiger partial charge in [0.05, 0.1) is 0 Å². The number of hydrogen-bond donors (Lipinski definition) is 1. The zero-order valence-electron chi connectivity index (χ0n) is 5.80. The van der Waals surface area contributed by atoms with E-state index in [2.05, 4.69) is 5.32 Å². The molecule has 0 fully saturated rings. The Morgan fingerprint density at radius 3 is 2.82 bits per heavy atom. The van der Waals surface area contributed by atoms with Gasteiger partial charge in [-0.15, -0.1) is 0 Å². The molecule has 1 radical (unpaired) electrons. The van der Waals surface area contributed by atoms with Crippen LogP contribution in [0.15, 0.2) is 24.3 Å². The number of amides is 1. The minimum Gasteiger partial charge on any atom is -0.344 e. The zero-order chi connectivity index (χ0) is 8.10. The highest BCUT2D eigenvalue weighted by atomic mass is 35.5. The van der Waals surface area contributed by atoms with E-state index in [0.29, 0.717) is 11.6 Å². The molecule has 2 nitrogen and oxygen atoms in total. The highest BCUT2D eigenvalue weighted by Crippen LogP contribution is 2.13. The molecule has 0 saturated carbocycles. The average molecular weight is 169 g/mol. The highest BCUT2D eigenvalue weighted by molar-refractivity contribution is 6.31. The summed E-state index contributed by atoms with van der Waals surface area (Å²) in [5.74, 6) is 0. The maximum Gasteiger partial charge on any atom is 0.309 e. The summed E-state index contributed by atoms with van der Waals surface area (Å²) in [7, 11) is 0. The van der Waals surface area contributed by atoms with Crippen molar-refractivity contribution in [1.29, 1.82) is 0 Å². The van der Waals surface area contributed by atoms with E-state index in [0.717, 1.165) is 5.56 Å². The van der Waals surface area contributed by atoms with Gasteiger partial charge >= 0.3 is 6.41 Å². The molecule has 1 amide bonds. The Morgan fingerprint density at radius 2 is 2.18 bits per heavy atom. The molecule has 1 aromatic rings. The number of nitrogens with one attached hydrogen (secondary N) is 1. The topological polar surface area (TPSA) is 29.1 Å². The van der Waals surface area contributed by atoms with Crippen LogP contribution in [0.1, 0.15) is 5.56 Å². The fourth-order valence-corrected chi connectivity index (χ4v) is 0.976. The Balaban J connectivity index is 2.69. The van der Waals surface area contributed by atoms with Crippen molar-refractivity contribution >= 4 is 18.0 Å². The summed E-state index contributed by atoms with van der Waals surface area (Å²) in [6, 6.07) is 7.35. The van der Waals surface area contributed by atoms with Crippen molar-refractivity contribution < 1.29 is 4.79 Å². The number of halogens is 1. The maximum atomic E-state index is 9.81. The molecule has 0 aromatic heterocycles. The molecule has 0 atom stereocenters. The fraction of sp³-hybridized carbons (Fsp3) is 0.125. The van der Waals surface area contributed by atoms with E-state index >= 15 is 0 Å². The summed E-state index contributed by atoms with van der Waals surface area (Å²) in [6.45, 7) is 0.434. The SMILES string of the molecule is O=[C]NCc1ccccc1Cl. The second kappa shape index (κ2) is 3.98. The van der Waals surface area contributed by atoms with Crippen LogP contribution in [0.5, 0.6) is 0 Å². The second-order valence-electron chi connectivity index (χ2n) is 2.05. The van der Waals surface area contributed by atoms with Crippen LogP contribution in [0.2, 0.25) is 5.02 Å². The molecule has 0 aliphatic carbocycles. The lowest BCUT2D eigenvalue weighted by atomic mass is 10.2. The predicted octanol–water partition coefficient (Wildman–Crippen LogP) is 1.50. The van der Waals surface area contributed by atoms with E-state index in [9.17, 15) is 4.79 Å². The lowest BCUT2D eigenvalue weighted by molar-refractivity contribution is 0.542. The minimum absolute atomic E-state index is 0.434. The van der Waals surface area contributed by atoms with Crippen LogP contribution >= 0.6 is 11.6 Å². The smallest absolute Gasteiger partial charge is 0.309 e. The van der Waals surface area contributed by atoms with Crippen molar-refractivity contribution in [2.24, 2.45) is 0 Å². The van der Waals surface area contributed by atoms with Gasteiger partial charge in [-0.2, -0.15) is 0 Å². The van der Waals surface area contributed by atoms with E-state index in [1.165, 1.54) is 0 Å². The Bertz CT molecular complexity index is 250. The largest absolute Gasteiger partial charge is 0.344 e. The molecule has 0 heterocycles. The molecular weight excluding hydrogens is 162 g/mol. The van der Waals surface area contributed by atoms with E-state index in [1.807, 2.05) is 18.2 Å². The lowest BCUT2D eigenvalue weighted by Crippen LogP contribution is -2.09. The standard InChI is InChI=1S/C8H7ClNO/c9-8-4-2-1-3-7(8)5-10-6-11/h1-4H,5H2,(H,10,11). The van der Waals surface area contributed by atoms with Crippen molar-refractivity contribution in [3.63, 3.8) is 0 Å². The zero-order valence-corrected chi connectivity index (χ0v) is 6.56. The van der Waals surface area contributed by atoms with Crippen molar-refractivity contribution in [2.75, 3.05) is 0 Å². The summed E-state index contributed by atoms with van der Waals surface area (Å²) in [5.41, 5.74) is 0.900. The van der Waals surface area contributed by atoms with E-state index in [1.54, 1.807) is 12.5 Å². The molecule has 0 saturated heterocycles. The molecule has 0 spiro atoms. The first-order chi connectivity index (χ1) is 5.34. The summed E-state index contributed by atoms with van der Waals surface area (Å²) < 4.78 is 0. The first-order valence-corrected chi connectivity index (χ1v) is 3.56. The Morgan fingerprint density at radius 1 is 1.45 bits per heavy atom. The van der Waals surface area contributed by atoms with Gasteiger partial charge in [0.1, 0.15) is 0 Å². The van der Waals surface area contributed by atoms with Gasteiger partial charge < -0.3 is 5.32 Å². The quantitative estimate of drug-likeness (QED) is 0.681. The Hall–Kier alpha value is -1.02. The second-order valence-corrected chi connectivity index (χ2v) is 2.45. The number of hydrogen-bond acceptors (Lipinski definition) is 1.